The number of para-hydroxylation sites is 1. The van der Waals surface area contributed by atoms with Crippen LogP contribution in [0.3, 0.4) is 0 Å². The van der Waals surface area contributed by atoms with Gasteiger partial charge in [-0.05, 0) is 61.2 Å². The van der Waals surface area contributed by atoms with Crippen molar-refractivity contribution >= 4 is 28.5 Å². The average Bonchev–Trinajstić information content (AvgIpc) is 3.34. The lowest BCUT2D eigenvalue weighted by molar-refractivity contribution is -0.127. The van der Waals surface area contributed by atoms with Crippen LogP contribution in [0.15, 0.2) is 66.7 Å². The van der Waals surface area contributed by atoms with E-state index in [-0.39, 0.29) is 18.4 Å². The summed E-state index contributed by atoms with van der Waals surface area (Å²) in [6.45, 7) is 6.56. The molecule has 9 nitrogen and oxygen atoms in total. The van der Waals surface area contributed by atoms with Crippen molar-refractivity contribution in [3.8, 4) is 11.5 Å². The Bertz CT molecular complexity index is 1430. The zero-order valence-electron chi connectivity index (χ0n) is 23.0. The number of nitrogens with zero attached hydrogens (tertiary/aromatic N) is 4. The minimum atomic E-state index is -0.970. The van der Waals surface area contributed by atoms with Gasteiger partial charge in [-0.1, -0.05) is 55.0 Å². The SMILES string of the molecule is COc1ccc([C@@H](C(=O)NCCC(C)C)N(C(=O)Cn2nnc3ccccc32)c2ccc(C)cc2)cc1OC. The molecule has 0 radical (unpaired) electrons. The van der Waals surface area contributed by atoms with Crippen molar-refractivity contribution in [2.24, 2.45) is 5.92 Å². The molecule has 1 aromatic heterocycles. The van der Waals surface area contributed by atoms with Crippen molar-refractivity contribution in [1.29, 1.82) is 0 Å². The lowest BCUT2D eigenvalue weighted by atomic mass is 10.0. The minimum absolute atomic E-state index is 0.0997. The van der Waals surface area contributed by atoms with Crippen LogP contribution < -0.4 is 19.7 Å². The van der Waals surface area contributed by atoms with Crippen molar-refractivity contribution in [1.82, 2.24) is 20.3 Å². The molecule has 0 aliphatic rings. The number of fused-ring (bicyclic) bond motifs is 1. The third-order valence-corrected chi connectivity index (χ3v) is 6.54. The van der Waals surface area contributed by atoms with Gasteiger partial charge in [0, 0.05) is 12.2 Å². The number of benzene rings is 3. The Labute approximate surface area is 228 Å². The number of carbonyl (C=O) groups is 2. The van der Waals surface area contributed by atoms with Gasteiger partial charge in [0.25, 0.3) is 0 Å². The number of amides is 2. The largest absolute Gasteiger partial charge is 0.493 e. The molecule has 0 spiro atoms. The predicted octanol–water partition coefficient (Wildman–Crippen LogP) is 4.69. The van der Waals surface area contributed by atoms with Gasteiger partial charge in [-0.25, -0.2) is 4.68 Å². The molecule has 0 saturated heterocycles. The van der Waals surface area contributed by atoms with Crippen LogP contribution in [-0.4, -0.2) is 47.6 Å². The fourth-order valence-corrected chi connectivity index (χ4v) is 4.40. The maximum atomic E-state index is 14.1. The van der Waals surface area contributed by atoms with Crippen molar-refractivity contribution in [2.45, 2.75) is 39.8 Å². The van der Waals surface area contributed by atoms with E-state index in [9.17, 15) is 9.59 Å². The van der Waals surface area contributed by atoms with Gasteiger partial charge in [0.1, 0.15) is 18.1 Å². The van der Waals surface area contributed by atoms with E-state index >= 15 is 0 Å². The molecule has 0 aliphatic heterocycles. The quantitative estimate of drug-likeness (QED) is 0.303. The topological polar surface area (TPSA) is 98.6 Å². The molecule has 1 N–H and O–H groups in total. The van der Waals surface area contributed by atoms with E-state index in [0.717, 1.165) is 17.5 Å². The van der Waals surface area contributed by atoms with Crippen molar-refractivity contribution in [2.75, 3.05) is 25.7 Å². The van der Waals surface area contributed by atoms with Gasteiger partial charge in [0.15, 0.2) is 11.5 Å². The molecule has 9 heteroatoms. The van der Waals surface area contributed by atoms with E-state index in [1.807, 2.05) is 55.5 Å². The van der Waals surface area contributed by atoms with Gasteiger partial charge in [-0.2, -0.15) is 0 Å². The molecular weight excluding hydrogens is 494 g/mol. The van der Waals surface area contributed by atoms with Crippen molar-refractivity contribution in [3.05, 3.63) is 77.9 Å². The van der Waals surface area contributed by atoms with E-state index < -0.39 is 6.04 Å². The van der Waals surface area contributed by atoms with Crippen molar-refractivity contribution in [3.63, 3.8) is 0 Å². The van der Waals surface area contributed by atoms with Gasteiger partial charge < -0.3 is 14.8 Å². The Morgan fingerprint density at radius 3 is 2.38 bits per heavy atom. The predicted molar refractivity (Wildman–Crippen MR) is 151 cm³/mol. The fraction of sp³-hybridized carbons (Fsp3) is 0.333. The summed E-state index contributed by atoms with van der Waals surface area (Å²) >= 11 is 0. The van der Waals surface area contributed by atoms with Gasteiger partial charge >= 0.3 is 0 Å². The van der Waals surface area contributed by atoms with Crippen LogP contribution in [0.5, 0.6) is 11.5 Å². The monoisotopic (exact) mass is 529 g/mol. The third kappa shape index (κ3) is 6.37. The highest BCUT2D eigenvalue weighted by Gasteiger charge is 2.34. The molecule has 4 aromatic rings. The van der Waals surface area contributed by atoms with Crippen molar-refractivity contribution < 1.29 is 19.1 Å². The normalized spacial score (nSPS) is 11.8. The van der Waals surface area contributed by atoms with Crippen LogP contribution in [0.4, 0.5) is 5.69 Å². The van der Waals surface area contributed by atoms with Crippen LogP contribution in [0.1, 0.15) is 37.4 Å². The molecule has 204 valence electrons. The van der Waals surface area contributed by atoms with E-state index in [1.54, 1.807) is 30.0 Å². The molecule has 2 amide bonds. The summed E-state index contributed by atoms with van der Waals surface area (Å²) < 4.78 is 12.5. The molecular formula is C30H35N5O4. The Morgan fingerprint density at radius 2 is 1.69 bits per heavy atom. The summed E-state index contributed by atoms with van der Waals surface area (Å²) in [4.78, 5) is 29.5. The Balaban J connectivity index is 1.80. The number of methoxy groups -OCH3 is 2. The first-order valence-corrected chi connectivity index (χ1v) is 13.0. The number of carbonyl (C=O) groups excluding carboxylic acids is 2. The standard InChI is InChI=1S/C30H35N5O4/c1-20(2)16-17-31-30(37)29(22-12-15-26(38-4)27(18-22)39-5)35(23-13-10-21(3)11-14-23)28(36)19-34-25-9-7-6-8-24(25)32-33-34/h6-15,18,20,29H,16-17,19H2,1-5H3,(H,31,37)/t29-/m0/s1. The zero-order chi connectivity index (χ0) is 27.9. The van der Waals surface area contributed by atoms with Crippen LogP contribution in [0, 0.1) is 12.8 Å². The lowest BCUT2D eigenvalue weighted by Gasteiger charge is -2.32. The maximum Gasteiger partial charge on any atom is 0.249 e. The van der Waals surface area contributed by atoms with Crippen LogP contribution >= 0.6 is 0 Å². The summed E-state index contributed by atoms with van der Waals surface area (Å²) in [5, 5.41) is 11.4. The Hall–Kier alpha value is -4.40. The molecule has 0 saturated carbocycles. The van der Waals surface area contributed by atoms with Crippen LogP contribution in [-0.2, 0) is 16.1 Å². The summed E-state index contributed by atoms with van der Waals surface area (Å²) in [5.41, 5.74) is 3.65. The second kappa shape index (κ2) is 12.4. The molecule has 0 unspecified atom stereocenters. The number of aryl methyl sites for hydroxylation is 1. The van der Waals surface area contributed by atoms with Gasteiger partial charge in [0.05, 0.1) is 19.7 Å². The number of rotatable bonds is 11. The number of hydrogen-bond acceptors (Lipinski definition) is 6. The molecule has 39 heavy (non-hydrogen) atoms. The fourth-order valence-electron chi connectivity index (χ4n) is 4.40. The number of hydrogen-bond donors (Lipinski definition) is 1. The molecule has 4 rings (SSSR count). The first-order chi connectivity index (χ1) is 18.8. The van der Waals surface area contributed by atoms with E-state index in [2.05, 4.69) is 29.5 Å². The van der Waals surface area contributed by atoms with E-state index in [1.165, 1.54) is 12.0 Å². The Morgan fingerprint density at radius 1 is 0.974 bits per heavy atom. The minimum Gasteiger partial charge on any atom is -0.493 e. The highest BCUT2D eigenvalue weighted by molar-refractivity contribution is 6.01. The molecule has 3 aromatic carbocycles. The molecule has 1 heterocycles. The second-order valence-corrected chi connectivity index (χ2v) is 9.83. The molecule has 1 atom stereocenters. The van der Waals surface area contributed by atoms with Gasteiger partial charge in [0.2, 0.25) is 11.8 Å². The molecule has 0 bridgehead atoms. The van der Waals surface area contributed by atoms with E-state index in [4.69, 9.17) is 9.47 Å². The number of anilines is 1. The summed E-state index contributed by atoms with van der Waals surface area (Å²) in [6.07, 6.45) is 0.813. The zero-order valence-corrected chi connectivity index (χ0v) is 23.0. The number of aromatic nitrogens is 3. The van der Waals surface area contributed by atoms with Gasteiger partial charge in [-0.15, -0.1) is 5.10 Å². The highest BCUT2D eigenvalue weighted by atomic mass is 16.5. The van der Waals surface area contributed by atoms with Gasteiger partial charge in [-0.3, -0.25) is 14.5 Å². The highest BCUT2D eigenvalue weighted by Crippen LogP contribution is 2.35. The number of ether oxygens (including phenoxy) is 2. The number of nitrogens with one attached hydrogen (secondary N) is 1. The first-order valence-electron chi connectivity index (χ1n) is 13.0. The maximum absolute atomic E-state index is 14.1. The lowest BCUT2D eigenvalue weighted by Crippen LogP contribution is -2.45. The van der Waals surface area contributed by atoms with Crippen LogP contribution in [0.25, 0.3) is 11.0 Å². The second-order valence-electron chi connectivity index (χ2n) is 9.83. The smallest absolute Gasteiger partial charge is 0.249 e. The molecule has 0 fully saturated rings. The average molecular weight is 530 g/mol. The molecule has 0 aliphatic carbocycles. The van der Waals surface area contributed by atoms with E-state index in [0.29, 0.717) is 40.7 Å². The third-order valence-electron chi connectivity index (χ3n) is 6.54. The summed E-state index contributed by atoms with van der Waals surface area (Å²) in [6, 6.07) is 19.3. The first kappa shape index (κ1) is 27.6. The Kier molecular flexibility index (Phi) is 8.81. The summed E-state index contributed by atoms with van der Waals surface area (Å²) in [5.74, 6) is 0.810. The summed E-state index contributed by atoms with van der Waals surface area (Å²) in [7, 11) is 3.09. The van der Waals surface area contributed by atoms with Crippen LogP contribution in [0.2, 0.25) is 0 Å².